The second kappa shape index (κ2) is 5.24. The van der Waals surface area contributed by atoms with Crippen molar-refractivity contribution in [3.63, 3.8) is 0 Å². The SMILES string of the molecule is COC(=O)C1(CNc2ccc(C)c(C)c2C)CCC1. The molecule has 0 heterocycles. The number of benzene rings is 1. The Morgan fingerprint density at radius 1 is 1.26 bits per heavy atom. The molecule has 3 heteroatoms. The zero-order chi connectivity index (χ0) is 14.0. The van der Waals surface area contributed by atoms with E-state index in [9.17, 15) is 4.79 Å². The molecule has 0 amide bonds. The number of carbonyl (C=O) groups excluding carboxylic acids is 1. The Hall–Kier alpha value is -1.51. The van der Waals surface area contributed by atoms with Gasteiger partial charge in [0, 0.05) is 12.2 Å². The number of anilines is 1. The van der Waals surface area contributed by atoms with Crippen molar-refractivity contribution in [3.8, 4) is 0 Å². The van der Waals surface area contributed by atoms with E-state index in [0.717, 1.165) is 24.9 Å². The van der Waals surface area contributed by atoms with E-state index in [4.69, 9.17) is 4.74 Å². The third-order valence-electron chi connectivity index (χ3n) is 4.60. The normalized spacial score (nSPS) is 16.6. The van der Waals surface area contributed by atoms with E-state index in [1.807, 2.05) is 0 Å². The third-order valence-corrected chi connectivity index (χ3v) is 4.60. The van der Waals surface area contributed by atoms with Crippen LogP contribution in [0, 0.1) is 26.2 Å². The molecule has 3 nitrogen and oxygen atoms in total. The smallest absolute Gasteiger partial charge is 0.313 e. The summed E-state index contributed by atoms with van der Waals surface area (Å²) in [6.07, 6.45) is 2.97. The highest BCUT2D eigenvalue weighted by molar-refractivity contribution is 5.78. The van der Waals surface area contributed by atoms with E-state index < -0.39 is 0 Å². The molecule has 0 unspecified atom stereocenters. The van der Waals surface area contributed by atoms with E-state index >= 15 is 0 Å². The van der Waals surface area contributed by atoms with Gasteiger partial charge in [-0.25, -0.2) is 0 Å². The Morgan fingerprint density at radius 2 is 1.95 bits per heavy atom. The van der Waals surface area contributed by atoms with Crippen LogP contribution >= 0.6 is 0 Å². The first kappa shape index (κ1) is 13.9. The van der Waals surface area contributed by atoms with Gasteiger partial charge in [0.05, 0.1) is 12.5 Å². The molecule has 1 N–H and O–H groups in total. The summed E-state index contributed by atoms with van der Waals surface area (Å²) in [7, 11) is 1.48. The molecule has 19 heavy (non-hydrogen) atoms. The topological polar surface area (TPSA) is 38.3 Å². The lowest BCUT2D eigenvalue weighted by atomic mass is 9.68. The van der Waals surface area contributed by atoms with Gasteiger partial charge in [-0.2, -0.15) is 0 Å². The van der Waals surface area contributed by atoms with Crippen molar-refractivity contribution in [1.29, 1.82) is 0 Å². The molecular weight excluding hydrogens is 238 g/mol. The molecule has 2 rings (SSSR count). The largest absolute Gasteiger partial charge is 0.469 e. The monoisotopic (exact) mass is 261 g/mol. The summed E-state index contributed by atoms with van der Waals surface area (Å²) in [6, 6.07) is 4.22. The number of hydrogen-bond donors (Lipinski definition) is 1. The van der Waals surface area contributed by atoms with Crippen LogP contribution in [-0.4, -0.2) is 19.6 Å². The van der Waals surface area contributed by atoms with Crippen LogP contribution in [0.25, 0.3) is 0 Å². The van der Waals surface area contributed by atoms with Gasteiger partial charge in [-0.3, -0.25) is 4.79 Å². The maximum Gasteiger partial charge on any atom is 0.313 e. The van der Waals surface area contributed by atoms with E-state index in [2.05, 4.69) is 38.2 Å². The van der Waals surface area contributed by atoms with Crippen LogP contribution in [0.15, 0.2) is 12.1 Å². The van der Waals surface area contributed by atoms with Crippen LogP contribution < -0.4 is 5.32 Å². The first-order valence-electron chi connectivity index (χ1n) is 6.89. The van der Waals surface area contributed by atoms with E-state index in [1.54, 1.807) is 0 Å². The fraction of sp³-hybridized carbons (Fsp3) is 0.562. The van der Waals surface area contributed by atoms with Crippen LogP contribution in [0.3, 0.4) is 0 Å². The van der Waals surface area contributed by atoms with Crippen molar-refractivity contribution in [2.24, 2.45) is 5.41 Å². The molecule has 0 aromatic heterocycles. The molecule has 0 aliphatic heterocycles. The summed E-state index contributed by atoms with van der Waals surface area (Å²) in [5.41, 5.74) is 4.69. The Labute approximate surface area is 115 Å². The van der Waals surface area contributed by atoms with E-state index in [-0.39, 0.29) is 11.4 Å². The van der Waals surface area contributed by atoms with Crippen molar-refractivity contribution in [2.75, 3.05) is 19.0 Å². The van der Waals surface area contributed by atoms with Crippen LogP contribution in [0.5, 0.6) is 0 Å². The number of rotatable bonds is 4. The van der Waals surface area contributed by atoms with Gasteiger partial charge in [0.15, 0.2) is 0 Å². The minimum Gasteiger partial charge on any atom is -0.469 e. The van der Waals surface area contributed by atoms with Crippen molar-refractivity contribution in [3.05, 3.63) is 28.8 Å². The zero-order valence-corrected chi connectivity index (χ0v) is 12.3. The average molecular weight is 261 g/mol. The van der Waals surface area contributed by atoms with Gasteiger partial charge in [0.25, 0.3) is 0 Å². The van der Waals surface area contributed by atoms with Crippen LogP contribution in [0.1, 0.15) is 36.0 Å². The molecule has 0 saturated heterocycles. The highest BCUT2D eigenvalue weighted by atomic mass is 16.5. The van der Waals surface area contributed by atoms with Crippen molar-refractivity contribution in [2.45, 2.75) is 40.0 Å². The summed E-state index contributed by atoms with van der Waals surface area (Å²) < 4.78 is 4.94. The van der Waals surface area contributed by atoms with Crippen LogP contribution in [-0.2, 0) is 9.53 Å². The number of aryl methyl sites for hydroxylation is 1. The number of carbonyl (C=O) groups is 1. The fourth-order valence-corrected chi connectivity index (χ4v) is 2.69. The van der Waals surface area contributed by atoms with Crippen molar-refractivity contribution >= 4 is 11.7 Å². The lowest BCUT2D eigenvalue weighted by molar-refractivity contribution is -0.157. The molecule has 1 fully saturated rings. The highest BCUT2D eigenvalue weighted by Crippen LogP contribution is 2.42. The maximum absolute atomic E-state index is 11.9. The maximum atomic E-state index is 11.9. The van der Waals surface area contributed by atoms with Gasteiger partial charge < -0.3 is 10.1 Å². The van der Waals surface area contributed by atoms with Gasteiger partial charge in [0.2, 0.25) is 0 Å². The number of hydrogen-bond acceptors (Lipinski definition) is 3. The predicted molar refractivity (Wildman–Crippen MR) is 77.4 cm³/mol. The molecule has 0 radical (unpaired) electrons. The lowest BCUT2D eigenvalue weighted by Gasteiger charge is -2.39. The molecule has 1 aromatic carbocycles. The minimum absolute atomic E-state index is 0.0762. The summed E-state index contributed by atoms with van der Waals surface area (Å²) in [5, 5.41) is 3.44. The molecule has 1 saturated carbocycles. The van der Waals surface area contributed by atoms with Gasteiger partial charge in [-0.15, -0.1) is 0 Å². The quantitative estimate of drug-likeness (QED) is 0.845. The van der Waals surface area contributed by atoms with Crippen molar-refractivity contribution in [1.82, 2.24) is 0 Å². The van der Waals surface area contributed by atoms with Gasteiger partial charge in [-0.05, 0) is 56.4 Å². The standard InChI is InChI=1S/C16H23NO2/c1-11-6-7-14(13(3)12(11)2)17-10-16(8-5-9-16)15(18)19-4/h6-7,17H,5,8-10H2,1-4H3. The Kier molecular flexibility index (Phi) is 3.83. The molecule has 1 aromatic rings. The summed E-state index contributed by atoms with van der Waals surface area (Å²) in [6.45, 7) is 7.04. The van der Waals surface area contributed by atoms with Gasteiger partial charge in [-0.1, -0.05) is 12.5 Å². The van der Waals surface area contributed by atoms with Gasteiger partial charge >= 0.3 is 5.97 Å². The molecule has 104 valence electrons. The number of esters is 1. The summed E-state index contributed by atoms with van der Waals surface area (Å²) in [4.78, 5) is 11.9. The number of ether oxygens (including phenoxy) is 1. The molecule has 1 aliphatic rings. The summed E-state index contributed by atoms with van der Waals surface area (Å²) in [5.74, 6) is -0.0762. The fourth-order valence-electron chi connectivity index (χ4n) is 2.69. The van der Waals surface area contributed by atoms with Gasteiger partial charge in [0.1, 0.15) is 0 Å². The molecular formula is C16H23NO2. The Bertz CT molecular complexity index is 490. The molecule has 0 bridgehead atoms. The highest BCUT2D eigenvalue weighted by Gasteiger charge is 2.45. The summed E-state index contributed by atoms with van der Waals surface area (Å²) >= 11 is 0. The van der Waals surface area contributed by atoms with Crippen LogP contribution in [0.4, 0.5) is 5.69 Å². The molecule has 0 atom stereocenters. The first-order chi connectivity index (χ1) is 9.00. The predicted octanol–water partition coefficient (Wildman–Crippen LogP) is 3.37. The lowest BCUT2D eigenvalue weighted by Crippen LogP contribution is -2.44. The second-order valence-electron chi connectivity index (χ2n) is 5.66. The number of methoxy groups -OCH3 is 1. The molecule has 0 spiro atoms. The first-order valence-corrected chi connectivity index (χ1v) is 6.89. The second-order valence-corrected chi connectivity index (χ2v) is 5.66. The third kappa shape index (κ3) is 2.46. The van der Waals surface area contributed by atoms with Crippen LogP contribution in [0.2, 0.25) is 0 Å². The van der Waals surface area contributed by atoms with Crippen molar-refractivity contribution < 1.29 is 9.53 Å². The van der Waals surface area contributed by atoms with E-state index in [0.29, 0.717) is 6.54 Å². The zero-order valence-electron chi connectivity index (χ0n) is 12.3. The number of nitrogens with one attached hydrogen (secondary N) is 1. The average Bonchev–Trinajstić information content (AvgIpc) is 2.36. The Morgan fingerprint density at radius 3 is 2.47 bits per heavy atom. The van der Waals surface area contributed by atoms with E-state index in [1.165, 1.54) is 23.8 Å². The minimum atomic E-state index is -0.306. The molecule has 1 aliphatic carbocycles. The Balaban J connectivity index is 2.10.